The van der Waals surface area contributed by atoms with Crippen molar-refractivity contribution in [2.75, 3.05) is 11.9 Å². The van der Waals surface area contributed by atoms with Crippen LogP contribution in [0.25, 0.3) is 0 Å². The van der Waals surface area contributed by atoms with Gasteiger partial charge in [-0.15, -0.1) is 0 Å². The van der Waals surface area contributed by atoms with Crippen molar-refractivity contribution in [3.63, 3.8) is 0 Å². The summed E-state index contributed by atoms with van der Waals surface area (Å²) in [6.45, 7) is 2.15. The summed E-state index contributed by atoms with van der Waals surface area (Å²) in [7, 11) is 1.69. The van der Waals surface area contributed by atoms with Crippen LogP contribution in [0.3, 0.4) is 0 Å². The predicted octanol–water partition coefficient (Wildman–Crippen LogP) is 3.51. The molecule has 1 aliphatic carbocycles. The minimum Gasteiger partial charge on any atom is -0.354 e. The molecule has 5 heteroatoms. The number of aromatic nitrogens is 1. The van der Waals surface area contributed by atoms with E-state index in [9.17, 15) is 13.2 Å². The molecular formula is C13H17F3N2. The highest BCUT2D eigenvalue weighted by Crippen LogP contribution is 2.30. The molecule has 0 aliphatic heterocycles. The first-order chi connectivity index (χ1) is 8.49. The molecule has 18 heavy (non-hydrogen) atoms. The molecule has 1 fully saturated rings. The summed E-state index contributed by atoms with van der Waals surface area (Å²) in [5, 5.41) is 0. The Kier molecular flexibility index (Phi) is 3.78. The van der Waals surface area contributed by atoms with E-state index in [1.165, 1.54) is 0 Å². The van der Waals surface area contributed by atoms with Crippen molar-refractivity contribution < 1.29 is 13.2 Å². The number of halogens is 3. The highest BCUT2D eigenvalue weighted by atomic mass is 19.2. The molecule has 1 aromatic heterocycles. The van der Waals surface area contributed by atoms with Gasteiger partial charge in [0.2, 0.25) is 0 Å². The van der Waals surface area contributed by atoms with E-state index in [0.29, 0.717) is 12.0 Å². The Morgan fingerprint density at radius 3 is 2.61 bits per heavy atom. The van der Waals surface area contributed by atoms with Gasteiger partial charge in [-0.1, -0.05) is 19.8 Å². The fraction of sp³-hybridized carbons (Fsp3) is 0.615. The van der Waals surface area contributed by atoms with Gasteiger partial charge in [-0.2, -0.15) is 9.37 Å². The number of nitrogens with zero attached hydrogens (tertiary/aromatic N) is 2. The average Bonchev–Trinajstić information content (AvgIpc) is 2.33. The minimum atomic E-state index is -1.25. The molecule has 1 aromatic rings. The Hall–Kier alpha value is -1.26. The summed E-state index contributed by atoms with van der Waals surface area (Å²) in [4.78, 5) is 5.01. The molecule has 2 atom stereocenters. The summed E-state index contributed by atoms with van der Waals surface area (Å²) in [5.41, 5.74) is 0. The van der Waals surface area contributed by atoms with Gasteiger partial charge in [0.1, 0.15) is 0 Å². The van der Waals surface area contributed by atoms with Gasteiger partial charge in [0, 0.05) is 19.2 Å². The van der Waals surface area contributed by atoms with E-state index in [-0.39, 0.29) is 11.9 Å². The lowest BCUT2D eigenvalue weighted by Gasteiger charge is -2.34. The fourth-order valence-electron chi connectivity index (χ4n) is 2.61. The lowest BCUT2D eigenvalue weighted by atomic mass is 9.86. The summed E-state index contributed by atoms with van der Waals surface area (Å²) >= 11 is 0. The highest BCUT2D eigenvalue weighted by Gasteiger charge is 2.25. The highest BCUT2D eigenvalue weighted by molar-refractivity contribution is 5.40. The van der Waals surface area contributed by atoms with Gasteiger partial charge in [-0.3, -0.25) is 0 Å². The maximum Gasteiger partial charge on any atom is 0.251 e. The van der Waals surface area contributed by atoms with Gasteiger partial charge in [0.15, 0.2) is 17.5 Å². The molecule has 2 nitrogen and oxygen atoms in total. The van der Waals surface area contributed by atoms with Crippen molar-refractivity contribution in [3.05, 3.63) is 23.6 Å². The van der Waals surface area contributed by atoms with E-state index >= 15 is 0 Å². The molecule has 0 amide bonds. The van der Waals surface area contributed by atoms with Crippen LogP contribution < -0.4 is 4.90 Å². The van der Waals surface area contributed by atoms with Gasteiger partial charge in [0.05, 0.1) is 0 Å². The molecule has 1 heterocycles. The quantitative estimate of drug-likeness (QED) is 0.755. The Morgan fingerprint density at radius 2 is 1.94 bits per heavy atom. The monoisotopic (exact) mass is 258 g/mol. The van der Waals surface area contributed by atoms with E-state index in [1.54, 1.807) is 11.9 Å². The first-order valence-corrected chi connectivity index (χ1v) is 6.23. The van der Waals surface area contributed by atoms with Crippen LogP contribution in [0, 0.1) is 23.5 Å². The maximum absolute atomic E-state index is 13.6. The lowest BCUT2D eigenvalue weighted by molar-refractivity contribution is 0.333. The standard InChI is InChI=1S/C13H17F3N2/c1-8-4-3-5-9(6-8)18(2)13-11(15)7-10(14)12(16)17-13/h7-9H,3-6H2,1-2H3. The van der Waals surface area contributed by atoms with Crippen molar-refractivity contribution in [1.82, 2.24) is 4.98 Å². The first-order valence-electron chi connectivity index (χ1n) is 6.23. The van der Waals surface area contributed by atoms with Gasteiger partial charge in [-0.25, -0.2) is 8.78 Å². The molecule has 2 rings (SSSR count). The van der Waals surface area contributed by atoms with E-state index in [2.05, 4.69) is 11.9 Å². The van der Waals surface area contributed by atoms with Crippen LogP contribution >= 0.6 is 0 Å². The molecule has 0 N–H and O–H groups in total. The molecule has 100 valence electrons. The van der Waals surface area contributed by atoms with Crippen LogP contribution in [0.5, 0.6) is 0 Å². The second kappa shape index (κ2) is 5.16. The molecule has 1 aliphatic rings. The van der Waals surface area contributed by atoms with Crippen molar-refractivity contribution in [2.45, 2.75) is 38.6 Å². The van der Waals surface area contributed by atoms with E-state index in [4.69, 9.17) is 0 Å². The van der Waals surface area contributed by atoms with Gasteiger partial charge in [-0.05, 0) is 18.8 Å². The Morgan fingerprint density at radius 1 is 1.22 bits per heavy atom. The zero-order chi connectivity index (χ0) is 13.3. The average molecular weight is 258 g/mol. The molecule has 0 bridgehead atoms. The van der Waals surface area contributed by atoms with Crippen molar-refractivity contribution in [2.24, 2.45) is 5.92 Å². The van der Waals surface area contributed by atoms with Crippen molar-refractivity contribution >= 4 is 5.82 Å². The normalized spacial score (nSPS) is 24.1. The number of rotatable bonds is 2. The number of hydrogen-bond acceptors (Lipinski definition) is 2. The Bertz CT molecular complexity index is 436. The topological polar surface area (TPSA) is 16.1 Å². The zero-order valence-corrected chi connectivity index (χ0v) is 10.6. The van der Waals surface area contributed by atoms with Crippen LogP contribution in [0.4, 0.5) is 19.0 Å². The summed E-state index contributed by atoms with van der Waals surface area (Å²) in [5.74, 6) is -2.84. The minimum absolute atomic E-state index is 0.104. The van der Waals surface area contributed by atoms with Crippen molar-refractivity contribution in [3.8, 4) is 0 Å². The molecule has 0 radical (unpaired) electrons. The predicted molar refractivity (Wildman–Crippen MR) is 63.9 cm³/mol. The zero-order valence-electron chi connectivity index (χ0n) is 10.6. The molecule has 0 saturated heterocycles. The van der Waals surface area contributed by atoms with Crippen LogP contribution in [0.1, 0.15) is 32.6 Å². The third-order valence-electron chi connectivity index (χ3n) is 3.66. The second-order valence-corrected chi connectivity index (χ2v) is 5.10. The van der Waals surface area contributed by atoms with Gasteiger partial charge in [0.25, 0.3) is 5.95 Å². The van der Waals surface area contributed by atoms with Crippen molar-refractivity contribution in [1.29, 1.82) is 0 Å². The van der Waals surface area contributed by atoms with Crippen LogP contribution in [0.2, 0.25) is 0 Å². The van der Waals surface area contributed by atoms with E-state index in [1.807, 2.05) is 0 Å². The SMILES string of the molecule is CC1CCCC(N(C)c2nc(F)c(F)cc2F)C1. The third-order valence-corrected chi connectivity index (χ3v) is 3.66. The number of hydrogen-bond donors (Lipinski definition) is 0. The second-order valence-electron chi connectivity index (χ2n) is 5.10. The lowest BCUT2D eigenvalue weighted by Crippen LogP contribution is -2.36. The number of anilines is 1. The molecule has 0 spiro atoms. The largest absolute Gasteiger partial charge is 0.354 e. The summed E-state index contributed by atoms with van der Waals surface area (Å²) < 4.78 is 39.5. The molecule has 2 unspecified atom stereocenters. The smallest absolute Gasteiger partial charge is 0.251 e. The third kappa shape index (κ3) is 2.60. The Balaban J connectivity index is 2.22. The Labute approximate surface area is 105 Å². The molecular weight excluding hydrogens is 241 g/mol. The summed E-state index contributed by atoms with van der Waals surface area (Å²) in [6.07, 6.45) is 4.09. The molecule has 1 saturated carbocycles. The molecule has 0 aromatic carbocycles. The van der Waals surface area contributed by atoms with E-state index in [0.717, 1.165) is 25.7 Å². The maximum atomic E-state index is 13.6. The van der Waals surface area contributed by atoms with E-state index < -0.39 is 17.6 Å². The number of pyridine rings is 1. The van der Waals surface area contributed by atoms with Crippen LogP contribution in [-0.4, -0.2) is 18.1 Å². The van der Waals surface area contributed by atoms with Gasteiger partial charge < -0.3 is 4.90 Å². The van der Waals surface area contributed by atoms with Crippen LogP contribution in [0.15, 0.2) is 6.07 Å². The summed E-state index contributed by atoms with van der Waals surface area (Å²) in [6, 6.07) is 0.695. The fourth-order valence-corrected chi connectivity index (χ4v) is 2.61. The van der Waals surface area contributed by atoms with Crippen LogP contribution in [-0.2, 0) is 0 Å². The van der Waals surface area contributed by atoms with Gasteiger partial charge >= 0.3 is 0 Å². The first kappa shape index (κ1) is 13.2.